The van der Waals surface area contributed by atoms with Crippen molar-refractivity contribution in [1.82, 2.24) is 14.3 Å². The molecule has 2 aromatic heterocycles. The zero-order chi connectivity index (χ0) is 24.6. The number of carbonyl (C=O) groups excluding carboxylic acids is 1. The van der Waals surface area contributed by atoms with Gasteiger partial charge in [0.15, 0.2) is 0 Å². The third-order valence-electron chi connectivity index (χ3n) is 5.65. The molecular weight excluding hydrogens is 524 g/mol. The van der Waals surface area contributed by atoms with Gasteiger partial charge in [0.25, 0.3) is 0 Å². The van der Waals surface area contributed by atoms with Gasteiger partial charge in [-0.05, 0) is 60.5 Å². The van der Waals surface area contributed by atoms with Crippen LogP contribution in [0.5, 0.6) is 5.75 Å². The molecule has 8 nitrogen and oxygen atoms in total. The molecule has 1 saturated heterocycles. The summed E-state index contributed by atoms with van der Waals surface area (Å²) in [6, 6.07) is 7.53. The Morgan fingerprint density at radius 1 is 1.21 bits per heavy atom. The Morgan fingerprint density at radius 3 is 2.53 bits per heavy atom. The molecule has 0 aliphatic carbocycles. The number of hydrogen-bond acceptors (Lipinski definition) is 6. The minimum atomic E-state index is -0.505. The van der Waals surface area contributed by atoms with Crippen molar-refractivity contribution in [2.24, 2.45) is 0 Å². The predicted octanol–water partition coefficient (Wildman–Crippen LogP) is 4.98. The molecule has 182 valence electrons. The van der Waals surface area contributed by atoms with Gasteiger partial charge in [0.05, 0.1) is 18.7 Å². The van der Waals surface area contributed by atoms with Gasteiger partial charge in [0, 0.05) is 49.7 Å². The minimum absolute atomic E-state index is 0.170. The van der Waals surface area contributed by atoms with Crippen LogP contribution in [0, 0.1) is 0 Å². The molecule has 0 unspecified atom stereocenters. The Bertz CT molecular complexity index is 1220. The van der Waals surface area contributed by atoms with E-state index in [1.165, 1.54) is 7.11 Å². The number of ether oxygens (including phenoxy) is 2. The molecule has 0 bridgehead atoms. The fourth-order valence-electron chi connectivity index (χ4n) is 3.95. The largest absolute Gasteiger partial charge is 0.495 e. The van der Waals surface area contributed by atoms with Crippen LogP contribution in [-0.4, -0.2) is 64.4 Å². The number of benzene rings is 1. The molecule has 3 heterocycles. The van der Waals surface area contributed by atoms with Crippen LogP contribution in [0.25, 0.3) is 16.9 Å². The van der Waals surface area contributed by atoms with Crippen molar-refractivity contribution < 1.29 is 19.4 Å². The van der Waals surface area contributed by atoms with Crippen LogP contribution in [0.1, 0.15) is 26.3 Å². The second kappa shape index (κ2) is 9.64. The summed E-state index contributed by atoms with van der Waals surface area (Å²) in [6.07, 6.45) is 1.68. The molecule has 0 spiro atoms. The number of imidazole rings is 1. The molecular formula is C24H28BrClN4O4. The summed E-state index contributed by atoms with van der Waals surface area (Å²) in [4.78, 5) is 21.1. The van der Waals surface area contributed by atoms with Gasteiger partial charge in [0.2, 0.25) is 0 Å². The lowest BCUT2D eigenvalue weighted by molar-refractivity contribution is 0.0240. The molecule has 0 radical (unpaired) electrons. The molecule has 1 aliphatic heterocycles. The van der Waals surface area contributed by atoms with E-state index >= 15 is 0 Å². The SMILES string of the molecule is COc1cc(CO)c(-c2nc3cc(N4CCN(C(=O)OC(C)(C)C)CC4)ccn3c2Br)cc1Cl. The Hall–Kier alpha value is -2.49. The predicted molar refractivity (Wildman–Crippen MR) is 136 cm³/mol. The molecule has 1 fully saturated rings. The third kappa shape index (κ3) is 4.96. The number of methoxy groups -OCH3 is 1. The normalized spacial score (nSPS) is 14.6. The fraction of sp³-hybridized carbons (Fsp3) is 0.417. The number of piperazine rings is 1. The van der Waals surface area contributed by atoms with Gasteiger partial charge in [-0.3, -0.25) is 4.40 Å². The highest BCUT2D eigenvalue weighted by molar-refractivity contribution is 9.10. The highest BCUT2D eigenvalue weighted by atomic mass is 79.9. The highest BCUT2D eigenvalue weighted by Crippen LogP contribution is 2.37. The maximum absolute atomic E-state index is 12.4. The maximum Gasteiger partial charge on any atom is 0.410 e. The van der Waals surface area contributed by atoms with Crippen LogP contribution in [0.15, 0.2) is 35.1 Å². The van der Waals surface area contributed by atoms with Crippen molar-refractivity contribution in [2.75, 3.05) is 38.2 Å². The standard InChI is InChI=1S/C24H28BrClN4O4/c1-24(2,3)34-23(32)29-9-7-28(8-10-29)16-5-6-30-20(12-16)27-21(22(30)25)17-13-18(26)19(33-4)11-15(17)14-31/h5-6,11-13,31H,7-10,14H2,1-4H3. The number of aliphatic hydroxyl groups excluding tert-OH is 1. The van der Waals surface area contributed by atoms with Gasteiger partial charge in [-0.1, -0.05) is 11.6 Å². The van der Waals surface area contributed by atoms with Gasteiger partial charge in [-0.25, -0.2) is 9.78 Å². The van der Waals surface area contributed by atoms with E-state index in [0.717, 1.165) is 21.5 Å². The number of aliphatic hydroxyl groups is 1. The van der Waals surface area contributed by atoms with Crippen molar-refractivity contribution in [1.29, 1.82) is 0 Å². The number of pyridine rings is 1. The lowest BCUT2D eigenvalue weighted by atomic mass is 10.1. The average Bonchev–Trinajstić information content (AvgIpc) is 3.13. The van der Waals surface area contributed by atoms with Gasteiger partial charge in [-0.15, -0.1) is 0 Å². The quantitative estimate of drug-likeness (QED) is 0.493. The highest BCUT2D eigenvalue weighted by Gasteiger charge is 2.26. The summed E-state index contributed by atoms with van der Waals surface area (Å²) >= 11 is 10.0. The van der Waals surface area contributed by atoms with Crippen molar-refractivity contribution in [2.45, 2.75) is 33.0 Å². The van der Waals surface area contributed by atoms with E-state index in [0.29, 0.717) is 48.2 Å². The molecule has 34 heavy (non-hydrogen) atoms. The first kappa shape index (κ1) is 24.6. The molecule has 1 amide bonds. The third-order valence-corrected chi connectivity index (χ3v) is 6.70. The number of carbonyl (C=O) groups is 1. The first-order valence-corrected chi connectivity index (χ1v) is 12.2. The summed E-state index contributed by atoms with van der Waals surface area (Å²) < 4.78 is 13.5. The van der Waals surface area contributed by atoms with Crippen molar-refractivity contribution in [3.05, 3.63) is 45.7 Å². The van der Waals surface area contributed by atoms with Crippen LogP contribution in [-0.2, 0) is 11.3 Å². The zero-order valence-corrected chi connectivity index (χ0v) is 22.0. The van der Waals surface area contributed by atoms with E-state index in [1.807, 2.05) is 43.5 Å². The number of aromatic nitrogens is 2. The maximum atomic E-state index is 12.4. The van der Waals surface area contributed by atoms with Crippen LogP contribution in [0.2, 0.25) is 5.02 Å². The number of rotatable bonds is 4. The van der Waals surface area contributed by atoms with Crippen LogP contribution in [0.4, 0.5) is 10.5 Å². The second-order valence-electron chi connectivity index (χ2n) is 9.12. The Labute approximate surface area is 212 Å². The lowest BCUT2D eigenvalue weighted by Gasteiger charge is -2.36. The second-order valence-corrected chi connectivity index (χ2v) is 10.3. The fourth-order valence-corrected chi connectivity index (χ4v) is 4.79. The zero-order valence-electron chi connectivity index (χ0n) is 19.6. The molecule has 1 aromatic carbocycles. The summed E-state index contributed by atoms with van der Waals surface area (Å²) in [5.74, 6) is 0.502. The Kier molecular flexibility index (Phi) is 6.98. The van der Waals surface area contributed by atoms with Gasteiger partial charge < -0.3 is 24.4 Å². The topological polar surface area (TPSA) is 79.5 Å². The number of hydrogen-bond donors (Lipinski definition) is 1. The summed E-state index contributed by atoms with van der Waals surface area (Å²) in [5, 5.41) is 10.3. The van der Waals surface area contributed by atoms with Gasteiger partial charge in [-0.2, -0.15) is 0 Å². The molecule has 10 heteroatoms. The van der Waals surface area contributed by atoms with Crippen molar-refractivity contribution in [3.63, 3.8) is 0 Å². The smallest absolute Gasteiger partial charge is 0.410 e. The van der Waals surface area contributed by atoms with E-state index in [9.17, 15) is 9.90 Å². The van der Waals surface area contributed by atoms with E-state index in [1.54, 1.807) is 17.0 Å². The average molecular weight is 552 g/mol. The lowest BCUT2D eigenvalue weighted by Crippen LogP contribution is -2.50. The summed E-state index contributed by atoms with van der Waals surface area (Å²) in [5.41, 5.74) is 3.36. The number of nitrogens with zero attached hydrogens (tertiary/aromatic N) is 4. The number of fused-ring (bicyclic) bond motifs is 1. The number of amides is 1. The van der Waals surface area contributed by atoms with Crippen molar-refractivity contribution in [3.8, 4) is 17.0 Å². The van der Waals surface area contributed by atoms with Gasteiger partial charge in [0.1, 0.15) is 27.3 Å². The molecule has 0 saturated carbocycles. The van der Waals surface area contributed by atoms with Crippen molar-refractivity contribution >= 4 is 45.0 Å². The monoisotopic (exact) mass is 550 g/mol. The first-order valence-electron chi connectivity index (χ1n) is 11.0. The molecule has 0 atom stereocenters. The van der Waals surface area contributed by atoms with Crippen LogP contribution >= 0.6 is 27.5 Å². The molecule has 3 aromatic rings. The number of anilines is 1. The van der Waals surface area contributed by atoms with E-state index in [2.05, 4.69) is 20.8 Å². The van der Waals surface area contributed by atoms with Gasteiger partial charge >= 0.3 is 6.09 Å². The Balaban J connectivity index is 1.58. The molecule has 1 aliphatic rings. The minimum Gasteiger partial charge on any atom is -0.495 e. The van der Waals surface area contributed by atoms with E-state index < -0.39 is 5.60 Å². The first-order chi connectivity index (χ1) is 16.1. The van der Waals surface area contributed by atoms with Crippen LogP contribution < -0.4 is 9.64 Å². The summed E-state index contributed by atoms with van der Waals surface area (Å²) in [7, 11) is 1.54. The summed E-state index contributed by atoms with van der Waals surface area (Å²) in [6.45, 7) is 8.03. The molecule has 4 rings (SSSR count). The van der Waals surface area contributed by atoms with E-state index in [4.69, 9.17) is 26.1 Å². The Morgan fingerprint density at radius 2 is 1.91 bits per heavy atom. The van der Waals surface area contributed by atoms with Crippen LogP contribution in [0.3, 0.4) is 0 Å². The van der Waals surface area contributed by atoms with E-state index in [-0.39, 0.29) is 12.7 Å². The molecule has 1 N–H and O–H groups in total. The number of halogens is 2.